The molecule has 2 aliphatic carbocycles. The Balaban J connectivity index is 1.56. The minimum absolute atomic E-state index is 0.156. The highest BCUT2D eigenvalue weighted by molar-refractivity contribution is 5.91. The molecular weight excluding hydrogens is 404 g/mol. The predicted molar refractivity (Wildman–Crippen MR) is 110 cm³/mol. The van der Waals surface area contributed by atoms with Gasteiger partial charge in [-0.25, -0.2) is 18.7 Å². The zero-order valence-corrected chi connectivity index (χ0v) is 17.7. The Morgan fingerprint density at radius 3 is 3.00 bits per heavy atom. The van der Waals surface area contributed by atoms with Crippen molar-refractivity contribution in [3.05, 3.63) is 23.6 Å². The standard InChI is InChI=1S/C22H27F2N5O2/c1-14-12-25-8-4-10-29(14)20-26-9-6-16(27-20)18-15-11-22(23,24)13-21(19(15)31-28-18)7-3-2-5-17(21)30/h6,9,14,25H,2-5,7-8,10-13H2,1H3/t14-,21?/m0/s1. The molecule has 3 heterocycles. The first-order valence-corrected chi connectivity index (χ1v) is 11.1. The van der Waals surface area contributed by atoms with Crippen molar-refractivity contribution in [2.45, 2.75) is 69.2 Å². The number of rotatable bonds is 2. The molecule has 3 aliphatic rings. The first-order valence-electron chi connectivity index (χ1n) is 11.1. The van der Waals surface area contributed by atoms with Crippen LogP contribution in [-0.4, -0.2) is 52.5 Å². The van der Waals surface area contributed by atoms with Gasteiger partial charge in [-0.15, -0.1) is 0 Å². The number of anilines is 1. The van der Waals surface area contributed by atoms with Crippen LogP contribution in [0.5, 0.6) is 0 Å². The van der Waals surface area contributed by atoms with Gasteiger partial charge in [0.15, 0.2) is 5.76 Å². The summed E-state index contributed by atoms with van der Waals surface area (Å²) in [6.45, 7) is 4.67. The molecule has 2 fully saturated rings. The Bertz CT molecular complexity index is 994. The summed E-state index contributed by atoms with van der Waals surface area (Å²) in [6.07, 6.45) is 3.78. The summed E-state index contributed by atoms with van der Waals surface area (Å²) in [5.41, 5.74) is -0.185. The fraction of sp³-hybridized carbons (Fsp3) is 0.636. The predicted octanol–water partition coefficient (Wildman–Crippen LogP) is 3.28. The number of ketones is 1. The van der Waals surface area contributed by atoms with Crippen molar-refractivity contribution >= 4 is 11.7 Å². The van der Waals surface area contributed by atoms with Crippen LogP contribution in [0.25, 0.3) is 11.4 Å². The first kappa shape index (κ1) is 20.5. The van der Waals surface area contributed by atoms with E-state index in [0.717, 1.165) is 38.9 Å². The molecule has 1 saturated carbocycles. The van der Waals surface area contributed by atoms with Crippen LogP contribution < -0.4 is 10.2 Å². The lowest BCUT2D eigenvalue weighted by molar-refractivity contribution is -0.134. The number of carbonyl (C=O) groups is 1. The van der Waals surface area contributed by atoms with E-state index in [2.05, 4.69) is 32.3 Å². The molecule has 166 valence electrons. The number of fused-ring (bicyclic) bond motifs is 2. The van der Waals surface area contributed by atoms with Crippen LogP contribution in [0.15, 0.2) is 16.8 Å². The summed E-state index contributed by atoms with van der Waals surface area (Å²) < 4.78 is 35.3. The summed E-state index contributed by atoms with van der Waals surface area (Å²) in [4.78, 5) is 24.1. The highest BCUT2D eigenvalue weighted by atomic mass is 19.3. The molecule has 2 aromatic heterocycles. The Kier molecular flexibility index (Phi) is 5.03. The summed E-state index contributed by atoms with van der Waals surface area (Å²) in [5, 5.41) is 7.55. The quantitative estimate of drug-likeness (QED) is 0.781. The second-order valence-electron chi connectivity index (χ2n) is 9.10. The lowest BCUT2D eigenvalue weighted by Crippen LogP contribution is -2.47. The Morgan fingerprint density at radius 1 is 1.29 bits per heavy atom. The van der Waals surface area contributed by atoms with Crippen LogP contribution >= 0.6 is 0 Å². The topological polar surface area (TPSA) is 84.1 Å². The molecule has 0 radical (unpaired) electrons. The Labute approximate surface area is 179 Å². The van der Waals surface area contributed by atoms with Gasteiger partial charge in [0.25, 0.3) is 5.92 Å². The molecule has 31 heavy (non-hydrogen) atoms. The van der Waals surface area contributed by atoms with Crippen molar-refractivity contribution in [2.75, 3.05) is 24.5 Å². The molecule has 7 nitrogen and oxygen atoms in total. The van der Waals surface area contributed by atoms with Gasteiger partial charge in [0, 0.05) is 50.2 Å². The van der Waals surface area contributed by atoms with Gasteiger partial charge in [0.1, 0.15) is 11.5 Å². The van der Waals surface area contributed by atoms with Crippen LogP contribution in [0.4, 0.5) is 14.7 Å². The van der Waals surface area contributed by atoms with Crippen LogP contribution in [-0.2, 0) is 16.6 Å². The minimum Gasteiger partial charge on any atom is -0.359 e. The average Bonchev–Trinajstić information content (AvgIpc) is 3.03. The third-order valence-corrected chi connectivity index (χ3v) is 6.88. The van der Waals surface area contributed by atoms with E-state index >= 15 is 0 Å². The molecule has 0 amide bonds. The normalized spacial score (nSPS) is 28.4. The van der Waals surface area contributed by atoms with E-state index < -0.39 is 24.2 Å². The van der Waals surface area contributed by atoms with Crippen molar-refractivity contribution in [1.82, 2.24) is 20.4 Å². The van der Waals surface area contributed by atoms with Gasteiger partial charge in [0.2, 0.25) is 5.95 Å². The molecule has 2 aromatic rings. The number of nitrogens with one attached hydrogen (secondary N) is 1. The van der Waals surface area contributed by atoms with Gasteiger partial charge >= 0.3 is 0 Å². The fourth-order valence-electron chi connectivity index (χ4n) is 5.34. The maximum atomic E-state index is 14.9. The van der Waals surface area contributed by atoms with Gasteiger partial charge in [-0.1, -0.05) is 11.6 Å². The molecule has 1 unspecified atom stereocenters. The lowest BCUT2D eigenvalue weighted by atomic mass is 9.63. The van der Waals surface area contributed by atoms with Gasteiger partial charge in [0.05, 0.1) is 11.1 Å². The van der Waals surface area contributed by atoms with Gasteiger partial charge < -0.3 is 14.7 Å². The average molecular weight is 431 g/mol. The molecule has 9 heteroatoms. The molecule has 1 aliphatic heterocycles. The SMILES string of the molecule is C[C@H]1CNCCCN1c1nccc(-c2noc3c2CC(F)(F)CC32CCCCC2=O)n1. The van der Waals surface area contributed by atoms with Gasteiger partial charge in [-0.05, 0) is 38.8 Å². The number of hydrogen-bond acceptors (Lipinski definition) is 7. The van der Waals surface area contributed by atoms with Crippen molar-refractivity contribution in [2.24, 2.45) is 0 Å². The molecule has 0 aromatic carbocycles. The third-order valence-electron chi connectivity index (χ3n) is 6.88. The van der Waals surface area contributed by atoms with E-state index in [-0.39, 0.29) is 11.8 Å². The molecule has 1 spiro atoms. The minimum atomic E-state index is -2.98. The number of carbonyl (C=O) groups excluding carboxylic acids is 1. The third kappa shape index (κ3) is 3.52. The second kappa shape index (κ2) is 7.62. The van der Waals surface area contributed by atoms with Crippen molar-refractivity contribution in [3.63, 3.8) is 0 Å². The summed E-state index contributed by atoms with van der Waals surface area (Å²) in [6, 6.07) is 1.88. The number of alkyl halides is 2. The van der Waals surface area contributed by atoms with Gasteiger partial charge in [-0.2, -0.15) is 0 Å². The smallest absolute Gasteiger partial charge is 0.253 e. The molecule has 2 atom stereocenters. The van der Waals surface area contributed by atoms with Crippen LogP contribution in [0.1, 0.15) is 56.8 Å². The van der Waals surface area contributed by atoms with Crippen LogP contribution in [0.3, 0.4) is 0 Å². The maximum absolute atomic E-state index is 14.9. The zero-order chi connectivity index (χ0) is 21.6. The molecule has 0 bridgehead atoms. The van der Waals surface area contributed by atoms with E-state index in [1.165, 1.54) is 0 Å². The summed E-state index contributed by atoms with van der Waals surface area (Å²) in [7, 11) is 0. The lowest BCUT2D eigenvalue weighted by Gasteiger charge is -2.40. The van der Waals surface area contributed by atoms with Crippen molar-refractivity contribution < 1.29 is 18.1 Å². The van der Waals surface area contributed by atoms with E-state index in [1.807, 2.05) is 0 Å². The number of hydrogen-bond donors (Lipinski definition) is 1. The Morgan fingerprint density at radius 2 is 2.16 bits per heavy atom. The monoisotopic (exact) mass is 431 g/mol. The highest BCUT2D eigenvalue weighted by Crippen LogP contribution is 2.52. The number of aromatic nitrogens is 3. The molecule has 1 N–H and O–H groups in total. The fourth-order valence-corrected chi connectivity index (χ4v) is 5.34. The second-order valence-corrected chi connectivity index (χ2v) is 9.10. The molecule has 1 saturated heterocycles. The van der Waals surface area contributed by atoms with E-state index in [4.69, 9.17) is 4.52 Å². The van der Waals surface area contributed by atoms with E-state index in [9.17, 15) is 13.6 Å². The molecule has 5 rings (SSSR count). The number of Topliss-reactive ketones (excluding diaryl/α,β-unsaturated/α-hetero) is 1. The Hall–Kier alpha value is -2.42. The van der Waals surface area contributed by atoms with E-state index in [0.29, 0.717) is 41.5 Å². The molecular formula is C22H27F2N5O2. The number of nitrogens with zero attached hydrogens (tertiary/aromatic N) is 4. The number of halogens is 2. The zero-order valence-electron chi connectivity index (χ0n) is 17.7. The highest BCUT2D eigenvalue weighted by Gasteiger charge is 2.57. The van der Waals surface area contributed by atoms with E-state index in [1.54, 1.807) is 12.3 Å². The summed E-state index contributed by atoms with van der Waals surface area (Å²) in [5.74, 6) is -2.26. The van der Waals surface area contributed by atoms with Crippen LogP contribution in [0, 0.1) is 0 Å². The maximum Gasteiger partial charge on any atom is 0.253 e. The van der Waals surface area contributed by atoms with Gasteiger partial charge in [-0.3, -0.25) is 4.79 Å². The first-order chi connectivity index (χ1) is 14.9. The largest absolute Gasteiger partial charge is 0.359 e. The summed E-state index contributed by atoms with van der Waals surface area (Å²) >= 11 is 0. The van der Waals surface area contributed by atoms with Crippen molar-refractivity contribution in [3.8, 4) is 11.4 Å². The van der Waals surface area contributed by atoms with Crippen LogP contribution in [0.2, 0.25) is 0 Å². The van der Waals surface area contributed by atoms with Crippen molar-refractivity contribution in [1.29, 1.82) is 0 Å².